The van der Waals surface area contributed by atoms with Gasteiger partial charge in [0.05, 0.1) is 14.6 Å². The summed E-state index contributed by atoms with van der Waals surface area (Å²) in [6.45, 7) is 1.55. The SMILES string of the molecule is O=S(=O)(c1cccc(Br)c1Br)C1CCNCC1. The molecule has 1 aromatic carbocycles. The first kappa shape index (κ1) is 13.5. The molecule has 0 bridgehead atoms. The highest BCUT2D eigenvalue weighted by molar-refractivity contribution is 9.13. The Bertz CT molecular complexity index is 510. The zero-order valence-electron chi connectivity index (χ0n) is 9.12. The third-order valence-electron chi connectivity index (χ3n) is 2.95. The average molecular weight is 383 g/mol. The minimum atomic E-state index is -3.23. The molecule has 0 spiro atoms. The van der Waals surface area contributed by atoms with Crippen molar-refractivity contribution in [2.45, 2.75) is 23.0 Å². The van der Waals surface area contributed by atoms with Crippen LogP contribution < -0.4 is 5.32 Å². The lowest BCUT2D eigenvalue weighted by Crippen LogP contribution is -2.35. The highest BCUT2D eigenvalue weighted by Crippen LogP contribution is 2.33. The zero-order chi connectivity index (χ0) is 12.5. The van der Waals surface area contributed by atoms with Crippen LogP contribution in [0.1, 0.15) is 12.8 Å². The molecule has 0 unspecified atom stereocenters. The summed E-state index contributed by atoms with van der Waals surface area (Å²) >= 11 is 6.68. The van der Waals surface area contributed by atoms with Crippen molar-refractivity contribution in [2.75, 3.05) is 13.1 Å². The number of rotatable bonds is 2. The molecule has 0 atom stereocenters. The van der Waals surface area contributed by atoms with Crippen molar-refractivity contribution in [1.82, 2.24) is 5.32 Å². The van der Waals surface area contributed by atoms with E-state index in [9.17, 15) is 8.42 Å². The van der Waals surface area contributed by atoms with Crippen molar-refractivity contribution in [2.24, 2.45) is 0 Å². The molecule has 1 aromatic rings. The Morgan fingerprint density at radius 1 is 1.18 bits per heavy atom. The van der Waals surface area contributed by atoms with Gasteiger partial charge in [0.1, 0.15) is 0 Å². The Morgan fingerprint density at radius 3 is 2.47 bits per heavy atom. The molecular formula is C11H13Br2NO2S. The first-order valence-electron chi connectivity index (χ1n) is 5.42. The fourth-order valence-corrected chi connectivity index (χ4v) is 5.27. The second-order valence-electron chi connectivity index (χ2n) is 4.05. The lowest BCUT2D eigenvalue weighted by molar-refractivity contribution is 0.496. The van der Waals surface area contributed by atoms with E-state index < -0.39 is 9.84 Å². The summed E-state index contributed by atoms with van der Waals surface area (Å²) in [4.78, 5) is 0.388. The Kier molecular flexibility index (Phi) is 4.28. The van der Waals surface area contributed by atoms with Gasteiger partial charge in [-0.2, -0.15) is 0 Å². The van der Waals surface area contributed by atoms with Gasteiger partial charge in [-0.1, -0.05) is 6.07 Å². The van der Waals surface area contributed by atoms with Gasteiger partial charge in [-0.25, -0.2) is 8.42 Å². The van der Waals surface area contributed by atoms with Gasteiger partial charge in [0.2, 0.25) is 0 Å². The molecule has 0 amide bonds. The van der Waals surface area contributed by atoms with Gasteiger partial charge in [-0.05, 0) is 69.9 Å². The van der Waals surface area contributed by atoms with Crippen LogP contribution in [-0.2, 0) is 9.84 Å². The maximum absolute atomic E-state index is 12.5. The number of hydrogen-bond acceptors (Lipinski definition) is 3. The maximum Gasteiger partial charge on any atom is 0.182 e. The van der Waals surface area contributed by atoms with Crippen LogP contribution in [0.15, 0.2) is 32.0 Å². The van der Waals surface area contributed by atoms with Gasteiger partial charge in [0, 0.05) is 4.47 Å². The monoisotopic (exact) mass is 381 g/mol. The standard InChI is InChI=1S/C11H13Br2NO2S/c12-9-2-1-3-10(11(9)13)17(15,16)8-4-6-14-7-5-8/h1-3,8,14H,4-7H2. The number of benzene rings is 1. The van der Waals surface area contributed by atoms with Gasteiger partial charge in [0.25, 0.3) is 0 Å². The molecule has 1 aliphatic heterocycles. The highest BCUT2D eigenvalue weighted by Gasteiger charge is 2.30. The van der Waals surface area contributed by atoms with Crippen LogP contribution in [0, 0.1) is 0 Å². The molecule has 94 valence electrons. The van der Waals surface area contributed by atoms with Crippen molar-refractivity contribution < 1.29 is 8.42 Å². The molecule has 0 saturated carbocycles. The lowest BCUT2D eigenvalue weighted by atomic mass is 10.2. The Morgan fingerprint density at radius 2 is 1.82 bits per heavy atom. The van der Waals surface area contributed by atoms with E-state index in [2.05, 4.69) is 37.2 Å². The molecule has 2 rings (SSSR count). The van der Waals surface area contributed by atoms with E-state index in [0.29, 0.717) is 22.2 Å². The molecule has 1 N–H and O–H groups in total. The normalized spacial score (nSPS) is 18.2. The molecule has 1 heterocycles. The summed E-state index contributed by atoms with van der Waals surface area (Å²) in [6, 6.07) is 5.24. The molecule has 17 heavy (non-hydrogen) atoms. The fraction of sp³-hybridized carbons (Fsp3) is 0.455. The molecule has 3 nitrogen and oxygen atoms in total. The minimum absolute atomic E-state index is 0.269. The predicted octanol–water partition coefficient (Wildman–Crippen LogP) is 2.74. The van der Waals surface area contributed by atoms with E-state index in [1.54, 1.807) is 12.1 Å². The van der Waals surface area contributed by atoms with Crippen LogP contribution in [0.5, 0.6) is 0 Å². The van der Waals surface area contributed by atoms with E-state index in [1.165, 1.54) is 0 Å². The molecule has 0 radical (unpaired) electrons. The first-order valence-corrected chi connectivity index (χ1v) is 8.55. The number of halogens is 2. The number of nitrogens with one attached hydrogen (secondary N) is 1. The summed E-state index contributed by atoms with van der Waals surface area (Å²) in [7, 11) is -3.23. The topological polar surface area (TPSA) is 46.2 Å². The van der Waals surface area contributed by atoms with Crippen molar-refractivity contribution in [1.29, 1.82) is 0 Å². The molecular weight excluding hydrogens is 370 g/mol. The van der Waals surface area contributed by atoms with Crippen LogP contribution >= 0.6 is 31.9 Å². The molecule has 0 aliphatic carbocycles. The van der Waals surface area contributed by atoms with Crippen LogP contribution in [0.3, 0.4) is 0 Å². The van der Waals surface area contributed by atoms with Crippen LogP contribution in [0.25, 0.3) is 0 Å². The number of hydrogen-bond donors (Lipinski definition) is 1. The van der Waals surface area contributed by atoms with E-state index in [1.807, 2.05) is 6.07 Å². The Labute approximate surface area is 118 Å². The van der Waals surface area contributed by atoms with Gasteiger partial charge < -0.3 is 5.32 Å². The van der Waals surface area contributed by atoms with E-state index in [-0.39, 0.29) is 5.25 Å². The van der Waals surface area contributed by atoms with E-state index in [4.69, 9.17) is 0 Å². The zero-order valence-corrected chi connectivity index (χ0v) is 13.1. The second-order valence-corrected chi connectivity index (χ2v) is 7.89. The minimum Gasteiger partial charge on any atom is -0.317 e. The summed E-state index contributed by atoms with van der Waals surface area (Å²) < 4.78 is 26.4. The first-order chi connectivity index (χ1) is 8.03. The number of sulfone groups is 1. The van der Waals surface area contributed by atoms with Crippen molar-refractivity contribution in [3.63, 3.8) is 0 Å². The van der Waals surface area contributed by atoms with Gasteiger partial charge in [-0.3, -0.25) is 0 Å². The molecule has 0 aromatic heterocycles. The average Bonchev–Trinajstić information content (AvgIpc) is 2.33. The fourth-order valence-electron chi connectivity index (χ4n) is 1.99. The van der Waals surface area contributed by atoms with Crippen LogP contribution in [0.2, 0.25) is 0 Å². The maximum atomic E-state index is 12.5. The highest BCUT2D eigenvalue weighted by atomic mass is 79.9. The Hall–Kier alpha value is 0.0900. The lowest BCUT2D eigenvalue weighted by Gasteiger charge is -2.23. The van der Waals surface area contributed by atoms with Gasteiger partial charge in [0.15, 0.2) is 9.84 Å². The van der Waals surface area contributed by atoms with Crippen molar-refractivity contribution >= 4 is 41.7 Å². The van der Waals surface area contributed by atoms with Crippen LogP contribution in [0.4, 0.5) is 0 Å². The van der Waals surface area contributed by atoms with Crippen LogP contribution in [-0.4, -0.2) is 26.8 Å². The predicted molar refractivity (Wildman–Crippen MR) is 74.9 cm³/mol. The van der Waals surface area contributed by atoms with Crippen molar-refractivity contribution in [3.8, 4) is 0 Å². The smallest absolute Gasteiger partial charge is 0.182 e. The molecule has 6 heteroatoms. The summed E-state index contributed by atoms with van der Waals surface area (Å²) in [6.07, 6.45) is 1.36. The molecule has 1 aliphatic rings. The summed E-state index contributed by atoms with van der Waals surface area (Å²) in [5.74, 6) is 0. The third kappa shape index (κ3) is 2.75. The summed E-state index contributed by atoms with van der Waals surface area (Å²) in [5.41, 5.74) is 0. The third-order valence-corrected chi connectivity index (χ3v) is 7.56. The quantitative estimate of drug-likeness (QED) is 0.855. The Balaban J connectivity index is 2.40. The van der Waals surface area contributed by atoms with Gasteiger partial charge >= 0.3 is 0 Å². The van der Waals surface area contributed by atoms with E-state index in [0.717, 1.165) is 17.6 Å². The molecule has 1 saturated heterocycles. The second kappa shape index (κ2) is 5.38. The number of piperidine rings is 1. The van der Waals surface area contributed by atoms with Crippen molar-refractivity contribution in [3.05, 3.63) is 27.1 Å². The summed E-state index contributed by atoms with van der Waals surface area (Å²) in [5, 5.41) is 2.91. The molecule has 1 fully saturated rings. The van der Waals surface area contributed by atoms with Gasteiger partial charge in [-0.15, -0.1) is 0 Å². The largest absolute Gasteiger partial charge is 0.317 e. The van der Waals surface area contributed by atoms with E-state index >= 15 is 0 Å².